The van der Waals surface area contributed by atoms with Crippen LogP contribution in [0.4, 0.5) is 0 Å². The van der Waals surface area contributed by atoms with Gasteiger partial charge in [-0.3, -0.25) is 14.9 Å². The number of hydrogen-bond donors (Lipinski definition) is 3. The highest BCUT2D eigenvalue weighted by atomic mass is 32.2. The Morgan fingerprint density at radius 1 is 1.00 bits per heavy atom. The largest absolute Gasteiger partial charge is 0.286 e. The minimum absolute atomic E-state index is 0.440. The van der Waals surface area contributed by atoms with Gasteiger partial charge in [0.2, 0.25) is 0 Å². The van der Waals surface area contributed by atoms with E-state index in [0.717, 1.165) is 6.54 Å². The second-order valence-corrected chi connectivity index (χ2v) is 8.06. The second-order valence-electron chi connectivity index (χ2n) is 5.13. The molecule has 0 radical (unpaired) electrons. The maximum absolute atomic E-state index is 9.19. The lowest BCUT2D eigenvalue weighted by Crippen LogP contribution is -2.38. The quantitative estimate of drug-likeness (QED) is 0.495. The summed E-state index contributed by atoms with van der Waals surface area (Å²) in [5, 5.41) is 1.97. The molecule has 23 heavy (non-hydrogen) atoms. The molecule has 8 nitrogen and oxygen atoms in total. The summed E-state index contributed by atoms with van der Waals surface area (Å²) in [6.07, 6.45) is 5.16. The zero-order valence-electron chi connectivity index (χ0n) is 13.2. The predicted molar refractivity (Wildman–Crippen MR) is 88.9 cm³/mol. The first-order valence-corrected chi connectivity index (χ1v) is 10.5. The van der Waals surface area contributed by atoms with Crippen LogP contribution in [0.5, 0.6) is 0 Å². The predicted octanol–water partition coefficient (Wildman–Crippen LogP) is 1.10. The zero-order chi connectivity index (χ0) is 18.1. The zero-order valence-corrected chi connectivity index (χ0v) is 14.8. The van der Waals surface area contributed by atoms with E-state index in [9.17, 15) is 16.8 Å². The van der Waals surface area contributed by atoms with Gasteiger partial charge in [0.15, 0.2) is 0 Å². The van der Waals surface area contributed by atoms with Crippen LogP contribution in [0, 0.1) is 0 Å². The monoisotopic (exact) mass is 368 g/mol. The Bertz CT molecular complexity index is 600. The van der Waals surface area contributed by atoms with Crippen LogP contribution < -0.4 is 5.84 Å². The molecule has 1 atom stereocenters. The maximum Gasteiger partial charge on any atom is 0.261 e. The number of hydrazine groups is 1. The summed E-state index contributed by atoms with van der Waals surface area (Å²) in [6, 6.07) is 11.0. The Balaban J connectivity index is 0.000000406. The molecule has 1 saturated heterocycles. The van der Waals surface area contributed by atoms with Gasteiger partial charge in [-0.05, 0) is 18.4 Å². The molecule has 1 aromatic rings. The van der Waals surface area contributed by atoms with Crippen LogP contribution in [-0.4, -0.2) is 50.0 Å². The van der Waals surface area contributed by atoms with Gasteiger partial charge >= 0.3 is 0 Å². The first kappa shape index (κ1) is 22.0. The Kier molecular flexibility index (Phi) is 9.51. The van der Waals surface area contributed by atoms with Gasteiger partial charge < -0.3 is 0 Å². The molecule has 1 unspecified atom stereocenters. The molecule has 2 rings (SSSR count). The van der Waals surface area contributed by atoms with Gasteiger partial charge in [0.05, 0.1) is 12.5 Å². The van der Waals surface area contributed by atoms with Crippen LogP contribution in [0.2, 0.25) is 0 Å². The molecule has 0 bridgehead atoms. The fourth-order valence-corrected chi connectivity index (χ4v) is 1.99. The van der Waals surface area contributed by atoms with E-state index in [1.807, 2.05) is 11.1 Å². The minimum Gasteiger partial charge on any atom is -0.286 e. The van der Waals surface area contributed by atoms with E-state index in [0.29, 0.717) is 18.6 Å². The summed E-state index contributed by atoms with van der Waals surface area (Å²) in [6.45, 7) is 1.03. The number of nitrogens with two attached hydrogens (primary N) is 1. The molecular formula is C13H24N2O6S2. The molecule has 4 N–H and O–H groups in total. The third-order valence-corrected chi connectivity index (χ3v) is 2.73. The van der Waals surface area contributed by atoms with E-state index in [4.69, 9.17) is 14.9 Å². The molecule has 0 aromatic heterocycles. The lowest BCUT2D eigenvalue weighted by molar-refractivity contribution is 0.151. The van der Waals surface area contributed by atoms with E-state index in [-0.39, 0.29) is 0 Å². The van der Waals surface area contributed by atoms with Gasteiger partial charge in [-0.15, -0.1) is 0 Å². The molecule has 0 aliphatic carbocycles. The average molecular weight is 368 g/mol. The highest BCUT2D eigenvalue weighted by Crippen LogP contribution is 2.27. The lowest BCUT2D eigenvalue weighted by atomic mass is 9.97. The molecule has 1 aliphatic rings. The number of rotatable bonds is 1. The van der Waals surface area contributed by atoms with Gasteiger partial charge in [0.1, 0.15) is 0 Å². The third kappa shape index (κ3) is 15.6. The molecule has 0 spiro atoms. The van der Waals surface area contributed by atoms with Crippen LogP contribution in [0.25, 0.3) is 0 Å². The highest BCUT2D eigenvalue weighted by molar-refractivity contribution is 7.85. The SMILES string of the molecule is CS(=O)(=O)O.CS(=O)(=O)O.NN1CCCCC1c1ccccc1. The second kappa shape index (κ2) is 9.96. The van der Waals surface area contributed by atoms with Crippen molar-refractivity contribution < 1.29 is 25.9 Å². The van der Waals surface area contributed by atoms with Crippen molar-refractivity contribution in [3.05, 3.63) is 35.9 Å². The van der Waals surface area contributed by atoms with E-state index >= 15 is 0 Å². The smallest absolute Gasteiger partial charge is 0.261 e. The fourth-order valence-electron chi connectivity index (χ4n) is 1.99. The number of benzene rings is 1. The van der Waals surface area contributed by atoms with Crippen molar-refractivity contribution in [1.82, 2.24) is 5.01 Å². The normalized spacial score (nSPS) is 18.9. The minimum atomic E-state index is -3.67. The van der Waals surface area contributed by atoms with Gasteiger partial charge in [-0.25, -0.2) is 5.01 Å². The Hall–Kier alpha value is -1.04. The summed E-state index contributed by atoms with van der Waals surface area (Å²) >= 11 is 0. The summed E-state index contributed by atoms with van der Waals surface area (Å²) < 4.78 is 51.7. The van der Waals surface area contributed by atoms with Crippen LogP contribution >= 0.6 is 0 Å². The summed E-state index contributed by atoms with van der Waals surface area (Å²) in [7, 11) is -7.33. The van der Waals surface area contributed by atoms with Crippen LogP contribution in [-0.2, 0) is 20.2 Å². The molecule has 1 aliphatic heterocycles. The number of nitrogens with zero attached hydrogens (tertiary/aromatic N) is 1. The van der Waals surface area contributed by atoms with Crippen molar-refractivity contribution in [2.75, 3.05) is 19.1 Å². The van der Waals surface area contributed by atoms with Gasteiger partial charge in [-0.2, -0.15) is 16.8 Å². The highest BCUT2D eigenvalue weighted by Gasteiger charge is 2.20. The summed E-state index contributed by atoms with van der Waals surface area (Å²) in [5.41, 5.74) is 1.35. The van der Waals surface area contributed by atoms with E-state index < -0.39 is 20.2 Å². The molecular weight excluding hydrogens is 344 g/mol. The lowest BCUT2D eigenvalue weighted by Gasteiger charge is -2.32. The van der Waals surface area contributed by atoms with Crippen molar-refractivity contribution in [3.8, 4) is 0 Å². The topological polar surface area (TPSA) is 138 Å². The first-order chi connectivity index (χ1) is 10.4. The van der Waals surface area contributed by atoms with Gasteiger partial charge in [0, 0.05) is 12.6 Å². The van der Waals surface area contributed by atoms with E-state index in [1.54, 1.807) is 0 Å². The number of piperidine rings is 1. The Morgan fingerprint density at radius 3 is 1.83 bits per heavy atom. The first-order valence-electron chi connectivity index (χ1n) is 6.79. The molecule has 134 valence electrons. The van der Waals surface area contributed by atoms with Crippen molar-refractivity contribution in [2.24, 2.45) is 5.84 Å². The van der Waals surface area contributed by atoms with Gasteiger partial charge in [-0.1, -0.05) is 36.8 Å². The Labute approximate surface area is 137 Å². The van der Waals surface area contributed by atoms with E-state index in [2.05, 4.69) is 24.3 Å². The maximum atomic E-state index is 9.19. The van der Waals surface area contributed by atoms with Crippen molar-refractivity contribution in [2.45, 2.75) is 25.3 Å². The molecule has 0 amide bonds. The molecule has 1 heterocycles. The fraction of sp³-hybridized carbons (Fsp3) is 0.538. The Morgan fingerprint density at radius 2 is 1.43 bits per heavy atom. The van der Waals surface area contributed by atoms with Crippen molar-refractivity contribution in [3.63, 3.8) is 0 Å². The number of hydrogen-bond acceptors (Lipinski definition) is 6. The summed E-state index contributed by atoms with van der Waals surface area (Å²) in [4.78, 5) is 0. The standard InChI is InChI=1S/C11H16N2.2CH4O3S/c12-13-9-5-4-8-11(13)10-6-2-1-3-7-10;2*1-5(2,3)4/h1-3,6-7,11H,4-5,8-9,12H2;2*1H3,(H,2,3,4). The van der Waals surface area contributed by atoms with Crippen LogP contribution in [0.1, 0.15) is 30.9 Å². The molecule has 1 fully saturated rings. The van der Waals surface area contributed by atoms with Crippen molar-refractivity contribution in [1.29, 1.82) is 0 Å². The van der Waals surface area contributed by atoms with E-state index in [1.165, 1.54) is 24.8 Å². The van der Waals surface area contributed by atoms with Crippen molar-refractivity contribution >= 4 is 20.2 Å². The van der Waals surface area contributed by atoms with Crippen LogP contribution in [0.3, 0.4) is 0 Å². The third-order valence-electron chi connectivity index (χ3n) is 2.73. The van der Waals surface area contributed by atoms with Crippen LogP contribution in [0.15, 0.2) is 30.3 Å². The average Bonchev–Trinajstić information content (AvgIpc) is 2.36. The molecule has 1 aromatic carbocycles. The van der Waals surface area contributed by atoms with Gasteiger partial charge in [0.25, 0.3) is 20.2 Å². The molecule has 0 saturated carbocycles. The summed E-state index contributed by atoms with van der Waals surface area (Å²) in [5.74, 6) is 5.94. The molecule has 10 heteroatoms.